The molecule has 3 aromatic rings. The van der Waals surface area contributed by atoms with Gasteiger partial charge in [0.15, 0.2) is 0 Å². The summed E-state index contributed by atoms with van der Waals surface area (Å²) >= 11 is 0. The van der Waals surface area contributed by atoms with E-state index in [0.29, 0.717) is 11.6 Å². The minimum absolute atomic E-state index is 0.129. The molecule has 134 valence electrons. The van der Waals surface area contributed by atoms with E-state index < -0.39 is 0 Å². The number of aromatic nitrogens is 4. The van der Waals surface area contributed by atoms with Crippen molar-refractivity contribution < 1.29 is 4.79 Å². The molecular formula is C18H21N7O. The van der Waals surface area contributed by atoms with Gasteiger partial charge in [-0.15, -0.1) is 0 Å². The van der Waals surface area contributed by atoms with Crippen LogP contribution in [0.4, 0.5) is 23.0 Å². The van der Waals surface area contributed by atoms with E-state index in [9.17, 15) is 4.79 Å². The van der Waals surface area contributed by atoms with Gasteiger partial charge >= 0.3 is 0 Å². The maximum Gasteiger partial charge on any atom is 0.246 e. The summed E-state index contributed by atoms with van der Waals surface area (Å²) in [4.78, 5) is 20.7. The van der Waals surface area contributed by atoms with Crippen LogP contribution in [-0.4, -0.2) is 32.2 Å². The van der Waals surface area contributed by atoms with Crippen molar-refractivity contribution in [1.29, 1.82) is 0 Å². The lowest BCUT2D eigenvalue weighted by atomic mass is 10.2. The molecule has 8 nitrogen and oxygen atoms in total. The molecule has 0 aliphatic heterocycles. The number of nitrogens with zero attached hydrogens (tertiary/aromatic N) is 4. The van der Waals surface area contributed by atoms with Crippen LogP contribution >= 0.6 is 0 Å². The van der Waals surface area contributed by atoms with Crippen LogP contribution < -0.4 is 16.0 Å². The van der Waals surface area contributed by atoms with Crippen LogP contribution in [-0.2, 0) is 11.3 Å². The van der Waals surface area contributed by atoms with Crippen molar-refractivity contribution in [2.24, 2.45) is 0 Å². The van der Waals surface area contributed by atoms with Gasteiger partial charge in [-0.05, 0) is 44.2 Å². The van der Waals surface area contributed by atoms with Gasteiger partial charge in [-0.1, -0.05) is 0 Å². The molecule has 0 saturated carbocycles. The van der Waals surface area contributed by atoms with Crippen LogP contribution in [0.5, 0.6) is 0 Å². The van der Waals surface area contributed by atoms with Crippen LogP contribution in [0.3, 0.4) is 0 Å². The van der Waals surface area contributed by atoms with Gasteiger partial charge in [-0.3, -0.25) is 9.48 Å². The Kier molecular flexibility index (Phi) is 5.43. The van der Waals surface area contributed by atoms with Gasteiger partial charge in [0.05, 0.1) is 0 Å². The van der Waals surface area contributed by atoms with E-state index in [1.165, 1.54) is 0 Å². The molecule has 0 unspecified atom stereocenters. The lowest BCUT2D eigenvalue weighted by Crippen LogP contribution is -2.18. The summed E-state index contributed by atoms with van der Waals surface area (Å²) in [6.07, 6.45) is 3.39. The monoisotopic (exact) mass is 351 g/mol. The Morgan fingerprint density at radius 2 is 1.85 bits per heavy atom. The van der Waals surface area contributed by atoms with Crippen molar-refractivity contribution in [3.05, 3.63) is 54.6 Å². The second kappa shape index (κ2) is 8.11. The molecule has 0 saturated heterocycles. The number of aryl methyl sites for hydroxylation is 1. The zero-order chi connectivity index (χ0) is 18.4. The zero-order valence-electron chi connectivity index (χ0n) is 14.7. The van der Waals surface area contributed by atoms with Crippen LogP contribution in [0.1, 0.15) is 12.7 Å². The molecule has 0 radical (unpaired) electrons. The third-order valence-corrected chi connectivity index (χ3v) is 3.50. The second-order valence-corrected chi connectivity index (χ2v) is 5.67. The quantitative estimate of drug-likeness (QED) is 0.606. The summed E-state index contributed by atoms with van der Waals surface area (Å²) in [6, 6.07) is 11.1. The Morgan fingerprint density at radius 1 is 1.12 bits per heavy atom. The molecule has 8 heteroatoms. The number of hydrogen-bond donors (Lipinski definition) is 3. The maximum atomic E-state index is 12.0. The van der Waals surface area contributed by atoms with E-state index in [1.54, 1.807) is 23.1 Å². The molecule has 0 aliphatic carbocycles. The van der Waals surface area contributed by atoms with Gasteiger partial charge in [-0.25, -0.2) is 9.97 Å². The first-order chi connectivity index (χ1) is 12.6. The number of anilines is 4. The summed E-state index contributed by atoms with van der Waals surface area (Å²) < 4.78 is 1.57. The molecule has 3 N–H and O–H groups in total. The number of carbonyl (C=O) groups is 1. The number of benzene rings is 1. The van der Waals surface area contributed by atoms with Crippen molar-refractivity contribution in [2.75, 3.05) is 22.5 Å². The fourth-order valence-electron chi connectivity index (χ4n) is 2.43. The second-order valence-electron chi connectivity index (χ2n) is 5.67. The van der Waals surface area contributed by atoms with Gasteiger partial charge in [-0.2, -0.15) is 5.10 Å². The van der Waals surface area contributed by atoms with Gasteiger partial charge in [0, 0.05) is 36.4 Å². The summed E-state index contributed by atoms with van der Waals surface area (Å²) in [5.74, 6) is 2.05. The average Bonchev–Trinajstić information content (AvgIpc) is 3.09. The Bertz CT molecular complexity index is 860. The lowest BCUT2D eigenvalue weighted by molar-refractivity contribution is -0.116. The predicted molar refractivity (Wildman–Crippen MR) is 102 cm³/mol. The summed E-state index contributed by atoms with van der Waals surface area (Å²) in [7, 11) is 0. The van der Waals surface area contributed by atoms with Crippen molar-refractivity contribution in [3.8, 4) is 0 Å². The standard InChI is InChI=1S/C18H21N7O/c1-3-19-16-11-17(22-13(2)21-16)23-14-5-7-15(8-6-14)24-18(26)12-25-10-4-9-20-25/h4-11H,3,12H2,1-2H3,(H,24,26)(H2,19,21,22,23). The average molecular weight is 351 g/mol. The molecule has 0 atom stereocenters. The summed E-state index contributed by atoms with van der Waals surface area (Å²) in [5, 5.41) is 13.3. The lowest BCUT2D eigenvalue weighted by Gasteiger charge is -2.10. The third kappa shape index (κ3) is 4.79. The van der Waals surface area contributed by atoms with Gasteiger partial charge in [0.2, 0.25) is 5.91 Å². The van der Waals surface area contributed by atoms with Gasteiger partial charge in [0.25, 0.3) is 0 Å². The molecule has 0 fully saturated rings. The number of hydrogen-bond acceptors (Lipinski definition) is 6. The molecule has 0 bridgehead atoms. The Balaban J connectivity index is 1.61. The molecule has 1 amide bonds. The van der Waals surface area contributed by atoms with E-state index in [0.717, 1.165) is 23.7 Å². The van der Waals surface area contributed by atoms with Crippen molar-refractivity contribution in [3.63, 3.8) is 0 Å². The third-order valence-electron chi connectivity index (χ3n) is 3.50. The maximum absolute atomic E-state index is 12.0. The first-order valence-electron chi connectivity index (χ1n) is 8.36. The SMILES string of the molecule is CCNc1cc(Nc2ccc(NC(=O)Cn3cccn3)cc2)nc(C)n1. The van der Waals surface area contributed by atoms with Crippen LogP contribution in [0, 0.1) is 6.92 Å². The van der Waals surface area contributed by atoms with Crippen LogP contribution in [0.25, 0.3) is 0 Å². The minimum atomic E-state index is -0.129. The van der Waals surface area contributed by atoms with Crippen LogP contribution in [0.2, 0.25) is 0 Å². The molecule has 0 aliphatic rings. The topological polar surface area (TPSA) is 96.8 Å². The smallest absolute Gasteiger partial charge is 0.246 e. The Labute approximate surface area is 151 Å². The fraction of sp³-hybridized carbons (Fsp3) is 0.222. The Morgan fingerprint density at radius 3 is 2.54 bits per heavy atom. The highest BCUT2D eigenvalue weighted by molar-refractivity contribution is 5.90. The normalized spacial score (nSPS) is 10.4. The minimum Gasteiger partial charge on any atom is -0.370 e. The number of carbonyl (C=O) groups excluding carboxylic acids is 1. The van der Waals surface area contributed by atoms with Crippen molar-refractivity contribution in [2.45, 2.75) is 20.4 Å². The largest absolute Gasteiger partial charge is 0.370 e. The van der Waals surface area contributed by atoms with E-state index in [4.69, 9.17) is 0 Å². The number of nitrogens with one attached hydrogen (secondary N) is 3. The van der Waals surface area contributed by atoms with Gasteiger partial charge in [0.1, 0.15) is 24.0 Å². The first kappa shape index (κ1) is 17.4. The van der Waals surface area contributed by atoms with Gasteiger partial charge < -0.3 is 16.0 Å². The van der Waals surface area contributed by atoms with E-state index in [2.05, 4.69) is 31.0 Å². The molecular weight excluding hydrogens is 330 g/mol. The summed E-state index contributed by atoms with van der Waals surface area (Å²) in [5.41, 5.74) is 1.59. The Hall–Kier alpha value is -3.42. The molecule has 1 aromatic carbocycles. The van der Waals surface area contributed by atoms with Crippen LogP contribution in [0.15, 0.2) is 48.8 Å². The molecule has 2 heterocycles. The molecule has 2 aromatic heterocycles. The first-order valence-corrected chi connectivity index (χ1v) is 8.36. The molecule has 26 heavy (non-hydrogen) atoms. The molecule has 0 spiro atoms. The van der Waals surface area contributed by atoms with Crippen molar-refractivity contribution in [1.82, 2.24) is 19.7 Å². The van der Waals surface area contributed by atoms with E-state index in [1.807, 2.05) is 44.2 Å². The fourth-order valence-corrected chi connectivity index (χ4v) is 2.43. The highest BCUT2D eigenvalue weighted by atomic mass is 16.2. The summed E-state index contributed by atoms with van der Waals surface area (Å²) in [6.45, 7) is 4.84. The highest BCUT2D eigenvalue weighted by Crippen LogP contribution is 2.19. The molecule has 3 rings (SSSR count). The van der Waals surface area contributed by atoms with E-state index >= 15 is 0 Å². The predicted octanol–water partition coefficient (Wildman–Crippen LogP) is 2.80. The number of amides is 1. The zero-order valence-corrected chi connectivity index (χ0v) is 14.7. The number of rotatable bonds is 7. The van der Waals surface area contributed by atoms with Crippen molar-refractivity contribution >= 4 is 28.9 Å². The van der Waals surface area contributed by atoms with E-state index in [-0.39, 0.29) is 12.5 Å². The highest BCUT2D eigenvalue weighted by Gasteiger charge is 2.05.